The van der Waals surface area contributed by atoms with Gasteiger partial charge in [-0.15, -0.1) is 0 Å². The number of benzene rings is 1. The monoisotopic (exact) mass is 667 g/mol. The summed E-state index contributed by atoms with van der Waals surface area (Å²) in [6.45, 7) is 7.72. The second-order valence-electron chi connectivity index (χ2n) is 13.0. The zero-order chi connectivity index (χ0) is 34.0. The average molecular weight is 668 g/mol. The number of oxazole rings is 1. The first-order valence-electron chi connectivity index (χ1n) is 16.2. The van der Waals surface area contributed by atoms with E-state index < -0.39 is 10.0 Å². The lowest BCUT2D eigenvalue weighted by atomic mass is 9.89. The number of carbonyl (C=O) groups is 3. The summed E-state index contributed by atoms with van der Waals surface area (Å²) < 4.78 is 37.4. The van der Waals surface area contributed by atoms with Gasteiger partial charge in [-0.05, 0) is 56.6 Å². The highest BCUT2D eigenvalue weighted by Crippen LogP contribution is 2.30. The third-order valence-electron chi connectivity index (χ3n) is 9.00. The Morgan fingerprint density at radius 1 is 1.11 bits per heavy atom. The molecule has 14 heteroatoms. The van der Waals surface area contributed by atoms with Gasteiger partial charge >= 0.3 is 0 Å². The van der Waals surface area contributed by atoms with Gasteiger partial charge in [0.1, 0.15) is 0 Å². The van der Waals surface area contributed by atoms with Crippen molar-refractivity contribution >= 4 is 27.7 Å². The van der Waals surface area contributed by atoms with E-state index >= 15 is 0 Å². The Morgan fingerprint density at radius 3 is 2.57 bits per heavy atom. The van der Waals surface area contributed by atoms with E-state index in [-0.39, 0.29) is 67.0 Å². The number of carbonyl (C=O) groups excluding carboxylic acids is 3. The summed E-state index contributed by atoms with van der Waals surface area (Å²) in [7, 11) is -0.797. The molecular formula is C33H45N7O6S. The lowest BCUT2D eigenvalue weighted by molar-refractivity contribution is -0.134. The van der Waals surface area contributed by atoms with Gasteiger partial charge in [-0.3, -0.25) is 19.1 Å². The van der Waals surface area contributed by atoms with Gasteiger partial charge in [0.05, 0.1) is 24.2 Å². The summed E-state index contributed by atoms with van der Waals surface area (Å²) in [6, 6.07) is 4.82. The highest BCUT2D eigenvalue weighted by Gasteiger charge is 2.36. The van der Waals surface area contributed by atoms with Crippen LogP contribution in [0.5, 0.6) is 0 Å². The van der Waals surface area contributed by atoms with E-state index in [1.165, 1.54) is 9.21 Å². The van der Waals surface area contributed by atoms with E-state index in [2.05, 4.69) is 29.2 Å². The fourth-order valence-electron chi connectivity index (χ4n) is 6.32. The summed E-state index contributed by atoms with van der Waals surface area (Å²) in [4.78, 5) is 47.9. The first kappa shape index (κ1) is 34.3. The molecule has 0 fully saturated rings. The Balaban J connectivity index is 1.53. The SMILES string of the molecule is Cc1ncc(-c2ccc(C)c(S(=O)(=O)N3CCCNC(=O)CN(C)C(=O)c4nn(C)c5c4CC(CC5)N(CCC(C)C)C(=O)C3)c2)o1. The lowest BCUT2D eigenvalue weighted by Crippen LogP contribution is -2.50. The number of nitrogens with one attached hydrogen (secondary N) is 1. The van der Waals surface area contributed by atoms with E-state index in [4.69, 9.17) is 4.42 Å². The number of aryl methyl sites for hydroxylation is 3. The third-order valence-corrected chi connectivity index (χ3v) is 11.0. The molecule has 0 saturated heterocycles. The first-order valence-corrected chi connectivity index (χ1v) is 17.6. The van der Waals surface area contributed by atoms with Crippen LogP contribution < -0.4 is 5.32 Å². The van der Waals surface area contributed by atoms with Crippen LogP contribution in [0.4, 0.5) is 0 Å². The number of hydrogen-bond acceptors (Lipinski definition) is 8. The Morgan fingerprint density at radius 2 is 1.87 bits per heavy atom. The van der Waals surface area contributed by atoms with Crippen LogP contribution in [0.2, 0.25) is 0 Å². The van der Waals surface area contributed by atoms with E-state index in [0.29, 0.717) is 54.5 Å². The second kappa shape index (κ2) is 14.0. The second-order valence-corrected chi connectivity index (χ2v) is 14.9. The Labute approximate surface area is 276 Å². The molecule has 3 heterocycles. The maximum atomic E-state index is 14.4. The van der Waals surface area contributed by atoms with E-state index in [9.17, 15) is 22.8 Å². The van der Waals surface area contributed by atoms with Crippen LogP contribution in [0.1, 0.15) is 66.3 Å². The Bertz CT molecular complexity index is 1760. The number of fused-ring (bicyclic) bond motifs is 1. The standard InChI is InChI=1S/C33H45N7O6S/c1-21(2)12-15-40-25-10-11-27-26(17-25)32(36-38(27)6)33(43)37(5)19-30(41)34-13-7-14-39(20-31(40)42)47(44,45)29-16-24(9-8-22(29)3)28-18-35-23(4)46-28/h8-9,16,18,21,25H,7,10-15,17,19-20H2,1-6H3,(H,34,41). The highest BCUT2D eigenvalue weighted by molar-refractivity contribution is 7.89. The maximum absolute atomic E-state index is 14.4. The molecule has 1 aliphatic heterocycles. The van der Waals surface area contributed by atoms with Crippen LogP contribution >= 0.6 is 0 Å². The zero-order valence-electron chi connectivity index (χ0n) is 28.1. The zero-order valence-corrected chi connectivity index (χ0v) is 28.9. The third kappa shape index (κ3) is 7.43. The van der Waals surface area contributed by atoms with Gasteiger partial charge in [0, 0.05) is 63.5 Å². The first-order chi connectivity index (χ1) is 22.3. The van der Waals surface area contributed by atoms with Gasteiger partial charge in [-0.1, -0.05) is 26.0 Å². The average Bonchev–Trinajstić information content (AvgIpc) is 3.60. The summed E-state index contributed by atoms with van der Waals surface area (Å²) in [5, 5.41) is 7.32. The van der Waals surface area contributed by atoms with Crippen molar-refractivity contribution in [3.05, 3.63) is 52.8 Å². The van der Waals surface area contributed by atoms with E-state index in [1.54, 1.807) is 57.0 Å². The minimum absolute atomic E-state index is 0.00773. The fourth-order valence-corrected chi connectivity index (χ4v) is 7.99. The topological polar surface area (TPSA) is 151 Å². The number of rotatable bonds is 6. The molecule has 1 aromatic carbocycles. The van der Waals surface area contributed by atoms with Crippen molar-refractivity contribution in [1.82, 2.24) is 34.2 Å². The van der Waals surface area contributed by atoms with Gasteiger partial charge < -0.3 is 19.5 Å². The van der Waals surface area contributed by atoms with Gasteiger partial charge in [0.15, 0.2) is 17.3 Å². The fraction of sp³-hybridized carbons (Fsp3) is 0.545. The molecule has 2 bridgehead atoms. The van der Waals surface area contributed by atoms with Crippen LogP contribution in [0.15, 0.2) is 33.7 Å². The van der Waals surface area contributed by atoms with Crippen LogP contribution in [0.25, 0.3) is 11.3 Å². The molecule has 13 nitrogen and oxygen atoms in total. The van der Waals surface area contributed by atoms with Crippen molar-refractivity contribution in [3.63, 3.8) is 0 Å². The van der Waals surface area contributed by atoms with Crippen LogP contribution in [-0.2, 0) is 39.5 Å². The molecule has 0 spiro atoms. The van der Waals surface area contributed by atoms with Crippen molar-refractivity contribution in [1.29, 1.82) is 0 Å². The number of amides is 3. The molecule has 0 radical (unpaired) electrons. The quantitative estimate of drug-likeness (QED) is 0.422. The van der Waals surface area contributed by atoms with Gasteiger partial charge in [0.2, 0.25) is 21.8 Å². The van der Waals surface area contributed by atoms with Crippen LogP contribution in [0, 0.1) is 19.8 Å². The van der Waals surface area contributed by atoms with Crippen LogP contribution in [0.3, 0.4) is 0 Å². The molecule has 1 aliphatic carbocycles. The predicted molar refractivity (Wildman–Crippen MR) is 175 cm³/mol. The Hall–Kier alpha value is -4.04. The van der Waals surface area contributed by atoms with Crippen molar-refractivity contribution < 1.29 is 27.2 Å². The lowest BCUT2D eigenvalue weighted by Gasteiger charge is -2.36. The summed E-state index contributed by atoms with van der Waals surface area (Å²) in [6.07, 6.45) is 4.25. The number of hydrogen-bond donors (Lipinski definition) is 1. The van der Waals surface area contributed by atoms with Crippen molar-refractivity contribution in [2.45, 2.75) is 70.7 Å². The molecule has 3 aromatic rings. The highest BCUT2D eigenvalue weighted by atomic mass is 32.2. The van der Waals surface area contributed by atoms with Gasteiger partial charge in [-0.25, -0.2) is 13.4 Å². The van der Waals surface area contributed by atoms with Gasteiger partial charge in [0.25, 0.3) is 5.91 Å². The molecule has 0 saturated carbocycles. The van der Waals surface area contributed by atoms with Crippen molar-refractivity contribution in [2.75, 3.05) is 39.8 Å². The molecule has 1 N–H and O–H groups in total. The number of sulfonamides is 1. The predicted octanol–water partition coefficient (Wildman–Crippen LogP) is 2.71. The summed E-state index contributed by atoms with van der Waals surface area (Å²) in [5.41, 5.74) is 3.08. The number of nitrogens with zero attached hydrogens (tertiary/aromatic N) is 6. The summed E-state index contributed by atoms with van der Waals surface area (Å²) >= 11 is 0. The molecule has 3 amide bonds. The minimum Gasteiger partial charge on any atom is -0.441 e. The molecule has 1 atom stereocenters. The molecule has 5 rings (SSSR count). The molecule has 47 heavy (non-hydrogen) atoms. The number of likely N-dealkylation sites (N-methyl/N-ethyl adjacent to an activating group) is 1. The molecule has 2 aromatic heterocycles. The molecule has 2 aliphatic rings. The largest absolute Gasteiger partial charge is 0.441 e. The molecule has 254 valence electrons. The van der Waals surface area contributed by atoms with Crippen molar-refractivity contribution in [2.24, 2.45) is 13.0 Å². The molecular weight excluding hydrogens is 622 g/mol. The number of aromatic nitrogens is 3. The maximum Gasteiger partial charge on any atom is 0.274 e. The minimum atomic E-state index is -4.16. The van der Waals surface area contributed by atoms with E-state index in [1.807, 2.05) is 4.90 Å². The van der Waals surface area contributed by atoms with Crippen molar-refractivity contribution in [3.8, 4) is 11.3 Å². The van der Waals surface area contributed by atoms with E-state index in [0.717, 1.165) is 17.7 Å². The van der Waals surface area contributed by atoms with Crippen LogP contribution in [-0.4, -0.2) is 101 Å². The normalized spacial score (nSPS) is 19.0. The van der Waals surface area contributed by atoms with Gasteiger partial charge in [-0.2, -0.15) is 9.40 Å². The smallest absolute Gasteiger partial charge is 0.274 e. The molecule has 1 unspecified atom stereocenters. The summed E-state index contributed by atoms with van der Waals surface area (Å²) in [5.74, 6) is 0.212. The Kier molecular flexibility index (Phi) is 10.2.